The third-order valence-corrected chi connectivity index (χ3v) is 2.25. The number of nitrogens with one attached hydrogen (secondary N) is 2. The normalized spacial score (nSPS) is 29.8. The summed E-state index contributed by atoms with van der Waals surface area (Å²) in [4.78, 5) is 10.6. The van der Waals surface area contributed by atoms with E-state index >= 15 is 0 Å². The van der Waals surface area contributed by atoms with E-state index in [1.54, 1.807) is 11.8 Å². The van der Waals surface area contributed by atoms with Gasteiger partial charge in [0.05, 0.1) is 6.04 Å². The van der Waals surface area contributed by atoms with Crippen molar-refractivity contribution in [1.29, 1.82) is 0 Å². The Hall–Kier alpha value is -0.420. The van der Waals surface area contributed by atoms with Gasteiger partial charge in [-0.1, -0.05) is 0 Å². The zero-order chi connectivity index (χ0) is 8.27. The van der Waals surface area contributed by atoms with Crippen molar-refractivity contribution in [3.05, 3.63) is 0 Å². The summed E-state index contributed by atoms with van der Waals surface area (Å²) in [6.45, 7) is 0. The summed E-state index contributed by atoms with van der Waals surface area (Å²) in [6, 6.07) is -0.390. The van der Waals surface area contributed by atoms with E-state index in [1.165, 1.54) is 0 Å². The molecule has 0 aromatic heterocycles. The standard InChI is InChI=1S/C6H12N2O2S/c1-11-3-2-4-5(9)8-6(10)7-4/h4-5,9H,2-3H2,1H3,(H2,7,8,10). The highest BCUT2D eigenvalue weighted by Gasteiger charge is 2.28. The van der Waals surface area contributed by atoms with Crippen molar-refractivity contribution in [2.45, 2.75) is 18.7 Å². The maximum Gasteiger partial charge on any atom is 0.317 e. The molecular weight excluding hydrogens is 164 g/mol. The quantitative estimate of drug-likeness (QED) is 0.555. The van der Waals surface area contributed by atoms with Crippen LogP contribution in [0.1, 0.15) is 6.42 Å². The van der Waals surface area contributed by atoms with Gasteiger partial charge in [-0.15, -0.1) is 0 Å². The molecule has 1 rings (SSSR count). The number of hydrogen-bond donors (Lipinski definition) is 3. The summed E-state index contributed by atoms with van der Waals surface area (Å²) >= 11 is 1.70. The van der Waals surface area contributed by atoms with Gasteiger partial charge < -0.3 is 15.7 Å². The Morgan fingerprint density at radius 2 is 2.36 bits per heavy atom. The number of carbonyl (C=O) groups is 1. The second-order valence-electron chi connectivity index (χ2n) is 2.45. The molecule has 1 heterocycles. The first kappa shape index (κ1) is 8.67. The predicted octanol–water partition coefficient (Wildman–Crippen LogP) is -0.261. The number of hydrogen-bond acceptors (Lipinski definition) is 3. The van der Waals surface area contributed by atoms with E-state index in [9.17, 15) is 9.90 Å². The lowest BCUT2D eigenvalue weighted by molar-refractivity contribution is 0.138. The molecule has 0 bridgehead atoms. The average molecular weight is 176 g/mol. The number of rotatable bonds is 3. The highest BCUT2D eigenvalue weighted by molar-refractivity contribution is 7.98. The molecule has 0 spiro atoms. The summed E-state index contributed by atoms with van der Waals surface area (Å²) in [5, 5.41) is 14.2. The molecule has 0 radical (unpaired) electrons. The molecule has 0 aromatic rings. The Morgan fingerprint density at radius 3 is 2.82 bits per heavy atom. The molecule has 0 aliphatic carbocycles. The van der Waals surface area contributed by atoms with Crippen LogP contribution in [0.3, 0.4) is 0 Å². The maximum absolute atomic E-state index is 10.6. The van der Waals surface area contributed by atoms with E-state index < -0.39 is 6.23 Å². The van der Waals surface area contributed by atoms with Crippen LogP contribution in [0.4, 0.5) is 4.79 Å². The fourth-order valence-corrected chi connectivity index (χ4v) is 1.49. The molecule has 4 nitrogen and oxygen atoms in total. The Balaban J connectivity index is 2.28. The zero-order valence-corrected chi connectivity index (χ0v) is 7.15. The lowest BCUT2D eigenvalue weighted by atomic mass is 10.2. The molecule has 1 aliphatic heterocycles. The van der Waals surface area contributed by atoms with Crippen molar-refractivity contribution < 1.29 is 9.90 Å². The topological polar surface area (TPSA) is 61.4 Å². The third kappa shape index (κ3) is 2.27. The summed E-state index contributed by atoms with van der Waals surface area (Å²) in [5.41, 5.74) is 0. The van der Waals surface area contributed by atoms with E-state index in [1.807, 2.05) is 6.26 Å². The fraction of sp³-hybridized carbons (Fsp3) is 0.833. The molecule has 5 heteroatoms. The molecule has 0 saturated carbocycles. The van der Waals surface area contributed by atoms with Gasteiger partial charge in [-0.2, -0.15) is 11.8 Å². The van der Waals surface area contributed by atoms with Crippen LogP contribution in [0.25, 0.3) is 0 Å². The van der Waals surface area contributed by atoms with Crippen LogP contribution in [0.5, 0.6) is 0 Å². The van der Waals surface area contributed by atoms with E-state index in [-0.39, 0.29) is 12.1 Å². The van der Waals surface area contributed by atoms with E-state index in [0.29, 0.717) is 0 Å². The number of carbonyl (C=O) groups excluding carboxylic acids is 1. The second-order valence-corrected chi connectivity index (χ2v) is 3.44. The van der Waals surface area contributed by atoms with Crippen LogP contribution < -0.4 is 10.6 Å². The number of thioether (sulfide) groups is 1. The van der Waals surface area contributed by atoms with Gasteiger partial charge in [-0.25, -0.2) is 4.79 Å². The van der Waals surface area contributed by atoms with Gasteiger partial charge in [-0.05, 0) is 18.4 Å². The van der Waals surface area contributed by atoms with Gasteiger partial charge in [0.25, 0.3) is 0 Å². The minimum Gasteiger partial charge on any atom is -0.371 e. The lowest BCUT2D eigenvalue weighted by Crippen LogP contribution is -2.33. The molecule has 1 fully saturated rings. The summed E-state index contributed by atoms with van der Waals surface area (Å²) in [5.74, 6) is 0.948. The number of aliphatic hydroxyl groups excluding tert-OH is 1. The van der Waals surface area contributed by atoms with Crippen molar-refractivity contribution in [1.82, 2.24) is 10.6 Å². The van der Waals surface area contributed by atoms with Gasteiger partial charge >= 0.3 is 6.03 Å². The Morgan fingerprint density at radius 1 is 1.64 bits per heavy atom. The SMILES string of the molecule is CSCCC1NC(=O)NC1O. The van der Waals surface area contributed by atoms with E-state index in [2.05, 4.69) is 10.6 Å². The van der Waals surface area contributed by atoms with Gasteiger partial charge in [0.1, 0.15) is 6.23 Å². The van der Waals surface area contributed by atoms with Crippen molar-refractivity contribution >= 4 is 17.8 Å². The third-order valence-electron chi connectivity index (χ3n) is 1.61. The van der Waals surface area contributed by atoms with E-state index in [4.69, 9.17) is 0 Å². The van der Waals surface area contributed by atoms with Gasteiger partial charge in [0.2, 0.25) is 0 Å². The monoisotopic (exact) mass is 176 g/mol. The lowest BCUT2D eigenvalue weighted by Gasteiger charge is -2.11. The van der Waals surface area contributed by atoms with Crippen LogP contribution in [-0.2, 0) is 0 Å². The Bertz CT molecular complexity index is 154. The highest BCUT2D eigenvalue weighted by atomic mass is 32.2. The molecule has 0 aromatic carbocycles. The van der Waals surface area contributed by atoms with Crippen molar-refractivity contribution in [3.63, 3.8) is 0 Å². The molecule has 2 amide bonds. The first-order valence-electron chi connectivity index (χ1n) is 3.48. The molecule has 3 N–H and O–H groups in total. The Kier molecular flexibility index (Phi) is 3.02. The van der Waals surface area contributed by atoms with Crippen molar-refractivity contribution in [3.8, 4) is 0 Å². The van der Waals surface area contributed by atoms with Gasteiger partial charge in [0, 0.05) is 0 Å². The average Bonchev–Trinajstić information content (AvgIpc) is 2.26. The van der Waals surface area contributed by atoms with Gasteiger partial charge in [0.15, 0.2) is 0 Å². The van der Waals surface area contributed by atoms with Crippen molar-refractivity contribution in [2.75, 3.05) is 12.0 Å². The predicted molar refractivity (Wildman–Crippen MR) is 44.5 cm³/mol. The fourth-order valence-electron chi connectivity index (χ4n) is 0.999. The van der Waals surface area contributed by atoms with Crippen LogP contribution in [0.2, 0.25) is 0 Å². The largest absolute Gasteiger partial charge is 0.371 e. The summed E-state index contributed by atoms with van der Waals surface area (Å²) in [7, 11) is 0. The number of amides is 2. The first-order valence-corrected chi connectivity index (χ1v) is 4.87. The minimum absolute atomic E-state index is 0.116. The summed E-state index contributed by atoms with van der Waals surface area (Å²) < 4.78 is 0. The number of aliphatic hydroxyl groups is 1. The van der Waals surface area contributed by atoms with Crippen LogP contribution >= 0.6 is 11.8 Å². The minimum atomic E-state index is -0.713. The molecule has 1 saturated heterocycles. The van der Waals surface area contributed by atoms with Crippen LogP contribution in [0, 0.1) is 0 Å². The second kappa shape index (κ2) is 3.82. The molecule has 11 heavy (non-hydrogen) atoms. The molecule has 2 atom stereocenters. The van der Waals surface area contributed by atoms with E-state index in [0.717, 1.165) is 12.2 Å². The molecule has 64 valence electrons. The smallest absolute Gasteiger partial charge is 0.317 e. The Labute approximate surface area is 69.7 Å². The molecule has 1 aliphatic rings. The number of urea groups is 1. The van der Waals surface area contributed by atoms with Gasteiger partial charge in [-0.3, -0.25) is 0 Å². The van der Waals surface area contributed by atoms with Crippen LogP contribution in [-0.4, -0.2) is 35.4 Å². The molecular formula is C6H12N2O2S. The zero-order valence-electron chi connectivity index (χ0n) is 6.33. The van der Waals surface area contributed by atoms with Crippen LogP contribution in [0.15, 0.2) is 0 Å². The highest BCUT2D eigenvalue weighted by Crippen LogP contribution is 2.06. The first-order chi connectivity index (χ1) is 5.24. The summed E-state index contributed by atoms with van der Waals surface area (Å²) in [6.07, 6.45) is 2.09. The maximum atomic E-state index is 10.6. The van der Waals surface area contributed by atoms with Crippen molar-refractivity contribution in [2.24, 2.45) is 0 Å². The molecule has 2 unspecified atom stereocenters.